The van der Waals surface area contributed by atoms with E-state index < -0.39 is 15.1 Å². The van der Waals surface area contributed by atoms with Crippen LogP contribution in [0, 0.1) is 11.3 Å². The van der Waals surface area contributed by atoms with Crippen LogP contribution in [-0.4, -0.2) is 54.6 Å². The second-order valence-electron chi connectivity index (χ2n) is 8.05. The van der Waals surface area contributed by atoms with Gasteiger partial charge >= 0.3 is 0 Å². The largest absolute Gasteiger partial charge is 0.492 e. The van der Waals surface area contributed by atoms with E-state index in [9.17, 15) is 14.3 Å². The number of carbonyl (C=O) groups is 1. The normalized spacial score (nSPS) is 19.2. The topological polar surface area (TPSA) is 94.8 Å². The van der Waals surface area contributed by atoms with Gasteiger partial charge < -0.3 is 10.1 Å². The van der Waals surface area contributed by atoms with Crippen molar-refractivity contribution in [2.24, 2.45) is 4.36 Å². The summed E-state index contributed by atoms with van der Waals surface area (Å²) in [4.78, 5) is 15.8. The van der Waals surface area contributed by atoms with Gasteiger partial charge in [0.25, 0.3) is 0 Å². The van der Waals surface area contributed by atoms with Gasteiger partial charge in [0.1, 0.15) is 12.4 Å². The van der Waals surface area contributed by atoms with Gasteiger partial charge in [0.2, 0.25) is 5.91 Å². The number of likely N-dealkylation sites (tertiary alicyclic amines) is 1. The summed E-state index contributed by atoms with van der Waals surface area (Å²) in [5.41, 5.74) is 1.84. The standard InChI is InChI=1S/C23H26N4O3S/c1-25-31(2,29)19-6-4-18(5-7-19)30-14-13-27-11-9-23(10-12-27)20-15-17(16-24)3-8-21(20)26-22(23)28/h3-8,15H,9-14H2,1-2H3,(H,26,28)/t31-/m1/s1. The summed E-state index contributed by atoms with van der Waals surface area (Å²) in [6, 6.07) is 14.8. The number of hydrogen-bond donors (Lipinski definition) is 1. The van der Waals surface area contributed by atoms with Crippen molar-refractivity contribution in [1.82, 2.24) is 4.90 Å². The molecule has 2 aromatic carbocycles. The molecule has 4 rings (SSSR count). The Kier molecular flexibility index (Phi) is 5.73. The third-order valence-corrected chi connectivity index (χ3v) is 8.19. The van der Waals surface area contributed by atoms with E-state index >= 15 is 0 Å². The first kappa shape index (κ1) is 21.3. The van der Waals surface area contributed by atoms with Gasteiger partial charge in [-0.3, -0.25) is 9.69 Å². The van der Waals surface area contributed by atoms with Crippen LogP contribution in [0.4, 0.5) is 5.69 Å². The fraction of sp³-hybridized carbons (Fsp3) is 0.391. The van der Waals surface area contributed by atoms with E-state index in [1.807, 2.05) is 24.3 Å². The number of nitriles is 1. The Morgan fingerprint density at radius 1 is 1.23 bits per heavy atom. The van der Waals surface area contributed by atoms with Crippen molar-refractivity contribution >= 4 is 21.3 Å². The lowest BCUT2D eigenvalue weighted by Crippen LogP contribution is -2.47. The smallest absolute Gasteiger partial charge is 0.235 e. The van der Waals surface area contributed by atoms with Crippen molar-refractivity contribution in [3.8, 4) is 11.8 Å². The number of anilines is 1. The molecule has 162 valence electrons. The van der Waals surface area contributed by atoms with Gasteiger partial charge in [0.05, 0.1) is 26.8 Å². The van der Waals surface area contributed by atoms with Crippen LogP contribution in [0.15, 0.2) is 51.7 Å². The molecule has 1 saturated heterocycles. The Morgan fingerprint density at radius 3 is 2.58 bits per heavy atom. The first-order chi connectivity index (χ1) is 14.9. The average molecular weight is 439 g/mol. The minimum absolute atomic E-state index is 0.0416. The van der Waals surface area contributed by atoms with Gasteiger partial charge in [-0.15, -0.1) is 0 Å². The van der Waals surface area contributed by atoms with Crippen molar-refractivity contribution in [2.75, 3.05) is 44.9 Å². The molecule has 7 nitrogen and oxygen atoms in total. The van der Waals surface area contributed by atoms with E-state index in [1.165, 1.54) is 0 Å². The quantitative estimate of drug-likeness (QED) is 0.774. The summed E-state index contributed by atoms with van der Waals surface area (Å²) < 4.78 is 22.1. The van der Waals surface area contributed by atoms with Crippen LogP contribution in [0.5, 0.6) is 5.75 Å². The predicted molar refractivity (Wildman–Crippen MR) is 120 cm³/mol. The Hall–Kier alpha value is -2.89. The fourth-order valence-corrected chi connectivity index (χ4v) is 5.18. The van der Waals surface area contributed by atoms with Crippen molar-refractivity contribution in [3.05, 3.63) is 53.6 Å². The van der Waals surface area contributed by atoms with Crippen molar-refractivity contribution in [1.29, 1.82) is 5.26 Å². The second kappa shape index (κ2) is 8.33. The maximum atomic E-state index is 12.8. The molecule has 0 radical (unpaired) electrons. The summed E-state index contributed by atoms with van der Waals surface area (Å²) >= 11 is 0. The van der Waals surface area contributed by atoms with Crippen LogP contribution in [0.3, 0.4) is 0 Å². The monoisotopic (exact) mass is 438 g/mol. The SMILES string of the molecule is CN=[S@](C)(=O)c1ccc(OCCN2CCC3(CC2)C(=O)Nc2ccc(C#N)cc23)cc1. The van der Waals surface area contributed by atoms with Gasteiger partial charge in [-0.25, -0.2) is 8.57 Å². The Bertz CT molecular complexity index is 1150. The third-order valence-electron chi connectivity index (χ3n) is 6.34. The van der Waals surface area contributed by atoms with Gasteiger partial charge in [-0.2, -0.15) is 5.26 Å². The van der Waals surface area contributed by atoms with Crippen molar-refractivity contribution in [3.63, 3.8) is 0 Å². The van der Waals surface area contributed by atoms with E-state index in [2.05, 4.69) is 20.6 Å². The van der Waals surface area contributed by atoms with Crippen LogP contribution < -0.4 is 10.1 Å². The van der Waals surface area contributed by atoms with Crippen LogP contribution in [0.25, 0.3) is 0 Å². The summed E-state index contributed by atoms with van der Waals surface area (Å²) in [6.45, 7) is 2.89. The molecule has 1 fully saturated rings. The molecule has 1 atom stereocenters. The molecule has 1 N–H and O–H groups in total. The van der Waals surface area contributed by atoms with Gasteiger partial charge in [0.15, 0.2) is 0 Å². The van der Waals surface area contributed by atoms with Crippen molar-refractivity contribution in [2.45, 2.75) is 23.2 Å². The van der Waals surface area contributed by atoms with E-state index in [-0.39, 0.29) is 5.91 Å². The van der Waals surface area contributed by atoms with Gasteiger partial charge in [-0.1, -0.05) is 0 Å². The molecule has 8 heteroatoms. The Morgan fingerprint density at radius 2 is 1.94 bits per heavy atom. The number of amides is 1. The maximum Gasteiger partial charge on any atom is 0.235 e. The molecule has 1 amide bonds. The molecule has 0 aromatic heterocycles. The van der Waals surface area contributed by atoms with Crippen LogP contribution in [0.2, 0.25) is 0 Å². The minimum Gasteiger partial charge on any atom is -0.492 e. The van der Waals surface area contributed by atoms with Crippen LogP contribution in [-0.2, 0) is 19.9 Å². The molecule has 31 heavy (non-hydrogen) atoms. The number of rotatable bonds is 5. The fourth-order valence-electron chi connectivity index (χ4n) is 4.32. The highest BCUT2D eigenvalue weighted by molar-refractivity contribution is 7.93. The molecule has 0 aliphatic carbocycles. The molecule has 0 bridgehead atoms. The van der Waals surface area contributed by atoms with E-state index in [4.69, 9.17) is 4.74 Å². The lowest BCUT2D eigenvalue weighted by molar-refractivity contribution is -0.122. The molecule has 1 spiro atoms. The lowest BCUT2D eigenvalue weighted by atomic mass is 9.73. The first-order valence-electron chi connectivity index (χ1n) is 10.3. The number of fused-ring (bicyclic) bond motifs is 2. The Balaban J connectivity index is 1.33. The zero-order valence-corrected chi connectivity index (χ0v) is 18.6. The van der Waals surface area contributed by atoms with Gasteiger partial charge in [0, 0.05) is 30.4 Å². The molecule has 2 aromatic rings. The summed E-state index contributed by atoms with van der Waals surface area (Å²) in [5.74, 6) is 0.775. The van der Waals surface area contributed by atoms with E-state index in [1.54, 1.807) is 31.5 Å². The molecule has 0 unspecified atom stereocenters. The zero-order chi connectivity index (χ0) is 22.1. The Labute approximate surface area is 183 Å². The van der Waals surface area contributed by atoms with E-state index in [0.29, 0.717) is 17.1 Å². The number of benzene rings is 2. The molecular weight excluding hydrogens is 412 g/mol. The van der Waals surface area contributed by atoms with E-state index in [0.717, 1.165) is 49.5 Å². The minimum atomic E-state index is -2.33. The number of hydrogen-bond acceptors (Lipinski definition) is 6. The summed E-state index contributed by atoms with van der Waals surface area (Å²) in [5, 5.41) is 12.2. The van der Waals surface area contributed by atoms with Crippen LogP contribution >= 0.6 is 0 Å². The molecule has 2 aliphatic heterocycles. The lowest BCUT2D eigenvalue weighted by Gasteiger charge is -2.37. The highest BCUT2D eigenvalue weighted by atomic mass is 32.2. The highest BCUT2D eigenvalue weighted by Gasteiger charge is 2.48. The summed E-state index contributed by atoms with van der Waals surface area (Å²) in [6.07, 6.45) is 3.07. The highest BCUT2D eigenvalue weighted by Crippen LogP contribution is 2.45. The van der Waals surface area contributed by atoms with Gasteiger partial charge in [-0.05, 0) is 74.0 Å². The predicted octanol–water partition coefficient (Wildman–Crippen LogP) is 3.01. The second-order valence-corrected chi connectivity index (χ2v) is 10.5. The number of piperidine rings is 1. The number of ether oxygens (including phenoxy) is 1. The number of nitrogens with zero attached hydrogens (tertiary/aromatic N) is 3. The third kappa shape index (κ3) is 4.03. The van der Waals surface area contributed by atoms with Crippen LogP contribution in [0.1, 0.15) is 24.0 Å². The molecule has 2 aliphatic rings. The summed E-state index contributed by atoms with van der Waals surface area (Å²) in [7, 11) is -0.772. The number of carbonyl (C=O) groups excluding carboxylic acids is 1. The number of nitrogens with one attached hydrogen (secondary N) is 1. The molecular formula is C23H26N4O3S. The zero-order valence-electron chi connectivity index (χ0n) is 17.8. The van der Waals surface area contributed by atoms with Crippen molar-refractivity contribution < 1.29 is 13.7 Å². The average Bonchev–Trinajstić information content (AvgIpc) is 3.06. The molecule has 2 heterocycles. The first-order valence-corrected chi connectivity index (χ1v) is 12.2. The maximum absolute atomic E-state index is 12.8. The molecule has 0 saturated carbocycles.